The molecule has 0 saturated heterocycles. The summed E-state index contributed by atoms with van der Waals surface area (Å²) in [6.45, 7) is 9.93. The second kappa shape index (κ2) is 12.7. The van der Waals surface area contributed by atoms with Crippen LogP contribution in [-0.2, 0) is 14.4 Å². The first-order valence-corrected chi connectivity index (χ1v) is 16.5. The highest BCUT2D eigenvalue weighted by atomic mass is 32.2. The van der Waals surface area contributed by atoms with Gasteiger partial charge in [0.15, 0.2) is 4.98 Å². The van der Waals surface area contributed by atoms with E-state index in [0.717, 1.165) is 15.9 Å². The SMILES string of the molecule is CCC/C([N+]#N)=C(\O)[C@H](CO[Si](c1ccccc1)(c1ccccc1)C(C)(C)C)NS(=O)(=O)c1ccc(C)cc1. The van der Waals surface area contributed by atoms with Gasteiger partial charge >= 0.3 is 5.70 Å². The lowest BCUT2D eigenvalue weighted by atomic mass is 10.1. The number of allylic oxidation sites excluding steroid dienone is 1. The molecule has 0 spiro atoms. The summed E-state index contributed by atoms with van der Waals surface area (Å²) in [4.78, 5) is 3.34. The van der Waals surface area contributed by atoms with Crippen LogP contribution in [0.5, 0.6) is 0 Å². The minimum Gasteiger partial charge on any atom is -0.504 e. The summed E-state index contributed by atoms with van der Waals surface area (Å²) >= 11 is 0. The van der Waals surface area contributed by atoms with Gasteiger partial charge < -0.3 is 9.53 Å². The van der Waals surface area contributed by atoms with Crippen LogP contribution >= 0.6 is 0 Å². The first-order valence-electron chi connectivity index (χ1n) is 13.1. The molecule has 3 aromatic rings. The van der Waals surface area contributed by atoms with Gasteiger partial charge in [0.2, 0.25) is 21.2 Å². The lowest BCUT2D eigenvalue weighted by Crippen LogP contribution is -2.67. The van der Waals surface area contributed by atoms with Crippen molar-refractivity contribution < 1.29 is 18.0 Å². The van der Waals surface area contributed by atoms with Crippen molar-refractivity contribution in [3.05, 3.63) is 107 Å². The Kier molecular flexibility index (Phi) is 9.86. The Hall–Kier alpha value is -3.29. The Morgan fingerprint density at radius 1 is 0.974 bits per heavy atom. The van der Waals surface area contributed by atoms with Gasteiger partial charge in [-0.2, -0.15) is 4.72 Å². The second-order valence-electron chi connectivity index (χ2n) is 10.6. The standard InChI is InChI=1S/C30H37N3O4SSi/c1-6-13-27(32-31)29(34)28(33-38(35,36)24-20-18-23(2)19-21-24)22-37-39(30(3,4)5,25-14-9-7-10-15-25)26-16-11-8-12-17-26/h7-12,14-21,28,33H,6,13,22H2,1-5H3/p+1/b29-27+/t28-/m0/s1. The van der Waals surface area contributed by atoms with Crippen LogP contribution in [0.15, 0.2) is 101 Å². The van der Waals surface area contributed by atoms with Crippen molar-refractivity contribution in [3.8, 4) is 0 Å². The van der Waals surface area contributed by atoms with Crippen LogP contribution in [0.3, 0.4) is 0 Å². The lowest BCUT2D eigenvalue weighted by Gasteiger charge is -2.43. The summed E-state index contributed by atoms with van der Waals surface area (Å²) in [6, 6.07) is 25.2. The molecule has 0 aliphatic heterocycles. The molecule has 0 unspecified atom stereocenters. The zero-order chi connectivity index (χ0) is 28.7. The molecule has 1 atom stereocenters. The fraction of sp³-hybridized carbons (Fsp3) is 0.333. The van der Waals surface area contributed by atoms with Crippen LogP contribution in [0.2, 0.25) is 5.04 Å². The van der Waals surface area contributed by atoms with E-state index in [0.29, 0.717) is 6.42 Å². The van der Waals surface area contributed by atoms with Gasteiger partial charge in [0, 0.05) is 0 Å². The van der Waals surface area contributed by atoms with Gasteiger partial charge in [0.05, 0.1) is 17.9 Å². The molecule has 0 aromatic heterocycles. The summed E-state index contributed by atoms with van der Waals surface area (Å²) < 4.78 is 36.4. The van der Waals surface area contributed by atoms with E-state index in [1.165, 1.54) is 12.1 Å². The third-order valence-electron chi connectivity index (χ3n) is 6.75. The van der Waals surface area contributed by atoms with Crippen LogP contribution in [0.4, 0.5) is 0 Å². The monoisotopic (exact) mass is 564 g/mol. The van der Waals surface area contributed by atoms with Crippen LogP contribution in [0.25, 0.3) is 4.98 Å². The maximum absolute atomic E-state index is 13.4. The van der Waals surface area contributed by atoms with Crippen molar-refractivity contribution >= 4 is 28.7 Å². The molecule has 7 nitrogen and oxygen atoms in total. The first kappa shape index (κ1) is 30.3. The number of nitrogens with one attached hydrogen (secondary N) is 1. The van der Waals surface area contributed by atoms with Gasteiger partial charge in [-0.15, -0.1) is 0 Å². The van der Waals surface area contributed by atoms with Crippen molar-refractivity contribution in [1.82, 2.24) is 4.72 Å². The largest absolute Gasteiger partial charge is 0.504 e. The van der Waals surface area contributed by atoms with Crippen molar-refractivity contribution in [1.29, 1.82) is 5.39 Å². The molecule has 0 bridgehead atoms. The highest BCUT2D eigenvalue weighted by Gasteiger charge is 2.51. The fourth-order valence-corrected chi connectivity index (χ4v) is 10.5. The number of sulfonamides is 1. The summed E-state index contributed by atoms with van der Waals surface area (Å²) in [7, 11) is -7.09. The molecule has 0 saturated carbocycles. The third-order valence-corrected chi connectivity index (χ3v) is 13.2. The molecule has 0 aliphatic rings. The Labute approximate surface area is 233 Å². The Balaban J connectivity index is 2.14. The van der Waals surface area contributed by atoms with Gasteiger partial charge in [-0.1, -0.05) is 106 Å². The molecular formula is C30H38N3O4SSi+. The normalized spacial score (nSPS) is 13.8. The highest BCUT2D eigenvalue weighted by Crippen LogP contribution is 2.37. The van der Waals surface area contributed by atoms with E-state index in [9.17, 15) is 18.9 Å². The predicted octanol–water partition coefficient (Wildman–Crippen LogP) is 5.64. The number of hydrogen-bond acceptors (Lipinski definition) is 5. The van der Waals surface area contributed by atoms with Crippen molar-refractivity contribution in [2.45, 2.75) is 63.4 Å². The zero-order valence-electron chi connectivity index (χ0n) is 23.3. The third kappa shape index (κ3) is 6.83. The van der Waals surface area contributed by atoms with Crippen LogP contribution in [0, 0.1) is 12.3 Å². The van der Waals surface area contributed by atoms with Gasteiger partial charge in [0.25, 0.3) is 8.32 Å². The Bertz CT molecular complexity index is 1370. The molecule has 0 heterocycles. The Morgan fingerprint density at radius 3 is 1.92 bits per heavy atom. The maximum atomic E-state index is 13.4. The topological polar surface area (TPSA) is 104 Å². The van der Waals surface area contributed by atoms with Gasteiger partial charge in [-0.25, -0.2) is 8.42 Å². The molecule has 0 radical (unpaired) electrons. The van der Waals surface area contributed by atoms with Crippen molar-refractivity contribution in [3.63, 3.8) is 0 Å². The number of aliphatic hydroxyl groups excluding tert-OH is 1. The van der Waals surface area contributed by atoms with E-state index in [2.05, 4.69) is 30.5 Å². The van der Waals surface area contributed by atoms with E-state index < -0.39 is 24.4 Å². The summed E-state index contributed by atoms with van der Waals surface area (Å²) in [5.41, 5.74) is 0.938. The second-order valence-corrected chi connectivity index (χ2v) is 16.7. The molecular weight excluding hydrogens is 527 g/mol. The number of aryl methyl sites for hydroxylation is 1. The van der Waals surface area contributed by atoms with Crippen LogP contribution in [-0.4, -0.2) is 34.5 Å². The van der Waals surface area contributed by atoms with Crippen molar-refractivity contribution in [2.75, 3.05) is 6.61 Å². The number of rotatable bonds is 11. The number of diazo groups is 1. The number of aliphatic hydroxyl groups is 1. The minimum atomic E-state index is -4.04. The fourth-order valence-electron chi connectivity index (χ4n) is 4.78. The average molecular weight is 565 g/mol. The zero-order valence-corrected chi connectivity index (χ0v) is 25.1. The predicted molar refractivity (Wildman–Crippen MR) is 159 cm³/mol. The molecule has 2 N–H and O–H groups in total. The summed E-state index contributed by atoms with van der Waals surface area (Å²) in [6.07, 6.45) is 0.862. The molecule has 0 fully saturated rings. The maximum Gasteiger partial charge on any atom is 0.400 e. The summed E-state index contributed by atoms with van der Waals surface area (Å²) in [5.74, 6) is -0.368. The number of hydrogen-bond donors (Lipinski definition) is 2. The smallest absolute Gasteiger partial charge is 0.400 e. The lowest BCUT2D eigenvalue weighted by molar-refractivity contribution is 0.238. The molecule has 0 amide bonds. The highest BCUT2D eigenvalue weighted by molar-refractivity contribution is 7.89. The van der Waals surface area contributed by atoms with Crippen LogP contribution < -0.4 is 15.1 Å². The molecule has 39 heavy (non-hydrogen) atoms. The molecule has 9 heteroatoms. The van der Waals surface area contributed by atoms with Gasteiger partial charge in [-0.3, -0.25) is 0 Å². The van der Waals surface area contributed by atoms with Gasteiger partial charge in [0.1, 0.15) is 6.04 Å². The summed E-state index contributed by atoms with van der Waals surface area (Å²) in [5, 5.41) is 22.5. The van der Waals surface area contributed by atoms with Crippen molar-refractivity contribution in [2.24, 2.45) is 0 Å². The molecule has 0 aliphatic carbocycles. The first-order chi connectivity index (χ1) is 18.5. The molecule has 3 rings (SSSR count). The Morgan fingerprint density at radius 2 is 1.49 bits per heavy atom. The van der Waals surface area contributed by atoms with E-state index >= 15 is 0 Å². The van der Waals surface area contributed by atoms with E-state index in [-0.39, 0.29) is 34.4 Å². The molecule has 3 aromatic carbocycles. The van der Waals surface area contributed by atoms with E-state index in [4.69, 9.17) is 4.43 Å². The van der Waals surface area contributed by atoms with Crippen LogP contribution in [0.1, 0.15) is 46.1 Å². The minimum absolute atomic E-state index is 0.0140. The van der Waals surface area contributed by atoms with E-state index in [1.54, 1.807) is 12.1 Å². The van der Waals surface area contributed by atoms with Gasteiger partial charge in [-0.05, 0) is 40.9 Å². The van der Waals surface area contributed by atoms with E-state index in [1.807, 2.05) is 74.5 Å². The number of nitrogens with zero attached hydrogens (tertiary/aromatic N) is 2. The molecule has 206 valence electrons. The number of benzene rings is 3. The average Bonchev–Trinajstić information content (AvgIpc) is 2.91. The quantitative estimate of drug-likeness (QED) is 0.178.